The van der Waals surface area contributed by atoms with Crippen LogP contribution in [0.2, 0.25) is 0 Å². The molecule has 3 atom stereocenters. The van der Waals surface area contributed by atoms with Gasteiger partial charge in [0.2, 0.25) is 0 Å². The molecule has 1 heterocycles. The first-order valence-corrected chi connectivity index (χ1v) is 15.5. The first kappa shape index (κ1) is 32.1. The molecule has 0 bridgehead atoms. The summed E-state index contributed by atoms with van der Waals surface area (Å²) in [5, 5.41) is 76.5. The number of carbonyl (C=O) groups is 1. The molecule has 0 saturated carbocycles. The number of rotatable bonds is 7. The molecule has 1 aliphatic rings. The van der Waals surface area contributed by atoms with E-state index < -0.39 is 23.5 Å². The van der Waals surface area contributed by atoms with Crippen LogP contribution in [0.1, 0.15) is 66.1 Å². The maximum Gasteiger partial charge on any atom is 0.171 e. The quantitative estimate of drug-likeness (QED) is 0.0677. The van der Waals surface area contributed by atoms with Crippen molar-refractivity contribution in [3.8, 4) is 51.6 Å². The lowest BCUT2D eigenvalue weighted by atomic mass is 9.65. The van der Waals surface area contributed by atoms with Gasteiger partial charge in [0, 0.05) is 52.0 Å². The van der Waals surface area contributed by atoms with Crippen molar-refractivity contribution in [2.75, 3.05) is 0 Å². The Morgan fingerprint density at radius 3 is 2.19 bits per heavy atom. The molecule has 7 N–H and O–H groups in total. The number of hydrogen-bond acceptors (Lipinski definition) is 9. The SMILES string of the molecule is CC(C)=CCc1c(O)ccc(C(=O)[C@@H]2[C@H](c3c(O)cc(-c4cc5ccc(O)cc5o4)cc3O)C=C(C)C[C@H]2c2ccc(O)cc2O)c1O. The number of Topliss-reactive ketones (excluding diaryl/α,β-unsaturated/α-hetero) is 1. The van der Waals surface area contributed by atoms with Gasteiger partial charge in [-0.05, 0) is 87.7 Å². The Labute approximate surface area is 276 Å². The average Bonchev–Trinajstić information content (AvgIpc) is 3.43. The van der Waals surface area contributed by atoms with Crippen molar-refractivity contribution in [1.82, 2.24) is 0 Å². The van der Waals surface area contributed by atoms with Crippen LogP contribution in [0.15, 0.2) is 94.4 Å². The maximum atomic E-state index is 14.7. The van der Waals surface area contributed by atoms with E-state index in [0.717, 1.165) is 11.1 Å². The standard InChI is InChI=1S/C39H36O9/c1-19(2)4-8-26-30(42)11-10-27(38(26)46)39(47)36-28(25-9-7-23(40)17-31(25)43)12-20(3)13-29(36)37-32(44)14-22(15-33(37)45)34-16-21-5-6-24(41)18-35(21)48-34/h4-7,9-11,13-18,28-29,36,40-46H,8,12H2,1-3H3/t28-,29+,36-/m0/s1. The number of furan rings is 1. The molecule has 0 spiro atoms. The Morgan fingerprint density at radius 1 is 0.812 bits per heavy atom. The van der Waals surface area contributed by atoms with Crippen LogP contribution in [-0.2, 0) is 6.42 Å². The van der Waals surface area contributed by atoms with Gasteiger partial charge < -0.3 is 40.2 Å². The lowest BCUT2D eigenvalue weighted by Crippen LogP contribution is -2.31. The Kier molecular flexibility index (Phi) is 8.30. The van der Waals surface area contributed by atoms with Gasteiger partial charge in [-0.2, -0.15) is 0 Å². The van der Waals surface area contributed by atoms with Crippen molar-refractivity contribution in [2.45, 2.75) is 45.4 Å². The number of phenolic OH excluding ortho intramolecular Hbond substituents is 7. The number of ketones is 1. The molecule has 0 saturated heterocycles. The lowest BCUT2D eigenvalue weighted by molar-refractivity contribution is 0.0876. The first-order chi connectivity index (χ1) is 22.8. The van der Waals surface area contributed by atoms with Crippen molar-refractivity contribution in [1.29, 1.82) is 0 Å². The Morgan fingerprint density at radius 2 is 1.50 bits per heavy atom. The van der Waals surface area contributed by atoms with Crippen LogP contribution in [0.5, 0.6) is 40.2 Å². The molecule has 4 aromatic carbocycles. The van der Waals surface area contributed by atoms with Gasteiger partial charge in [-0.3, -0.25) is 4.79 Å². The first-order valence-electron chi connectivity index (χ1n) is 15.5. The zero-order valence-electron chi connectivity index (χ0n) is 26.6. The molecule has 0 aliphatic heterocycles. The third kappa shape index (κ3) is 5.90. The summed E-state index contributed by atoms with van der Waals surface area (Å²) < 4.78 is 5.88. The minimum absolute atomic E-state index is 0.0255. The zero-order chi connectivity index (χ0) is 34.4. The van der Waals surface area contributed by atoms with Crippen molar-refractivity contribution in [3.05, 3.63) is 112 Å². The number of phenols is 7. The number of carbonyl (C=O) groups excluding carboxylic acids is 1. The number of aromatic hydroxyl groups is 7. The molecule has 5 aromatic rings. The highest BCUT2D eigenvalue weighted by Crippen LogP contribution is 2.53. The summed E-state index contributed by atoms with van der Waals surface area (Å²) >= 11 is 0. The van der Waals surface area contributed by atoms with Gasteiger partial charge in [-0.1, -0.05) is 29.4 Å². The van der Waals surface area contributed by atoms with Crippen LogP contribution in [-0.4, -0.2) is 41.5 Å². The van der Waals surface area contributed by atoms with E-state index in [2.05, 4.69) is 0 Å². The minimum atomic E-state index is -1.06. The molecule has 1 aliphatic carbocycles. The molecule has 246 valence electrons. The molecule has 9 heteroatoms. The summed E-state index contributed by atoms with van der Waals surface area (Å²) in [7, 11) is 0. The molecule has 0 fully saturated rings. The van der Waals surface area contributed by atoms with Crippen molar-refractivity contribution >= 4 is 16.8 Å². The van der Waals surface area contributed by atoms with Crippen LogP contribution < -0.4 is 0 Å². The highest BCUT2D eigenvalue weighted by molar-refractivity contribution is 6.02. The minimum Gasteiger partial charge on any atom is -0.508 e. The van der Waals surface area contributed by atoms with Crippen molar-refractivity contribution in [3.63, 3.8) is 0 Å². The molecular weight excluding hydrogens is 612 g/mol. The molecule has 0 radical (unpaired) electrons. The normalized spacial score (nSPS) is 17.6. The number of allylic oxidation sites excluding steroid dienone is 4. The highest BCUT2D eigenvalue weighted by atomic mass is 16.3. The van der Waals surface area contributed by atoms with Gasteiger partial charge in [0.25, 0.3) is 0 Å². The lowest BCUT2D eigenvalue weighted by Gasteiger charge is -2.37. The van der Waals surface area contributed by atoms with Gasteiger partial charge in [0.1, 0.15) is 51.6 Å². The van der Waals surface area contributed by atoms with E-state index in [4.69, 9.17) is 4.42 Å². The molecule has 9 nitrogen and oxygen atoms in total. The number of hydrogen-bond donors (Lipinski definition) is 7. The maximum absolute atomic E-state index is 14.7. The molecule has 48 heavy (non-hydrogen) atoms. The third-order valence-corrected chi connectivity index (χ3v) is 9.04. The third-order valence-electron chi connectivity index (χ3n) is 9.04. The summed E-state index contributed by atoms with van der Waals surface area (Å²) in [6.45, 7) is 5.60. The average molecular weight is 649 g/mol. The summed E-state index contributed by atoms with van der Waals surface area (Å²) in [5.41, 5.74) is 3.10. The van der Waals surface area contributed by atoms with Crippen LogP contribution in [0.25, 0.3) is 22.3 Å². The van der Waals surface area contributed by atoms with Gasteiger partial charge in [-0.25, -0.2) is 0 Å². The van der Waals surface area contributed by atoms with Gasteiger partial charge in [0.15, 0.2) is 5.78 Å². The Balaban J connectivity index is 1.51. The molecule has 6 rings (SSSR count). The van der Waals surface area contributed by atoms with Crippen molar-refractivity contribution in [2.24, 2.45) is 5.92 Å². The van der Waals surface area contributed by atoms with E-state index in [-0.39, 0.29) is 63.4 Å². The predicted octanol–water partition coefficient (Wildman–Crippen LogP) is 8.26. The van der Waals surface area contributed by atoms with Crippen LogP contribution in [0.4, 0.5) is 0 Å². The molecule has 1 aromatic heterocycles. The fourth-order valence-electron chi connectivity index (χ4n) is 6.74. The summed E-state index contributed by atoms with van der Waals surface area (Å²) in [5.74, 6) is -4.43. The molecule has 0 amide bonds. The second-order valence-electron chi connectivity index (χ2n) is 12.7. The topological polar surface area (TPSA) is 172 Å². The second-order valence-corrected chi connectivity index (χ2v) is 12.7. The van der Waals surface area contributed by atoms with Crippen LogP contribution in [0.3, 0.4) is 0 Å². The van der Waals surface area contributed by atoms with Gasteiger partial charge in [0.05, 0.1) is 5.56 Å². The molecular formula is C39H36O9. The Bertz CT molecular complexity index is 2110. The van der Waals surface area contributed by atoms with Gasteiger partial charge in [-0.15, -0.1) is 0 Å². The van der Waals surface area contributed by atoms with E-state index >= 15 is 0 Å². The van der Waals surface area contributed by atoms with Crippen LogP contribution >= 0.6 is 0 Å². The predicted molar refractivity (Wildman–Crippen MR) is 181 cm³/mol. The fraction of sp³-hybridized carbons (Fsp3) is 0.205. The number of fused-ring (bicyclic) bond motifs is 1. The second kappa shape index (κ2) is 12.4. The van der Waals surface area contributed by atoms with E-state index in [9.17, 15) is 40.5 Å². The van der Waals surface area contributed by atoms with E-state index in [1.807, 2.05) is 26.8 Å². The molecule has 0 unspecified atom stereocenters. The van der Waals surface area contributed by atoms with E-state index in [0.29, 0.717) is 34.3 Å². The summed E-state index contributed by atoms with van der Waals surface area (Å²) in [4.78, 5) is 14.7. The van der Waals surface area contributed by atoms with E-state index in [1.165, 1.54) is 54.6 Å². The van der Waals surface area contributed by atoms with Crippen molar-refractivity contribution < 1.29 is 45.0 Å². The highest BCUT2D eigenvalue weighted by Gasteiger charge is 2.43. The fourth-order valence-corrected chi connectivity index (χ4v) is 6.74. The summed E-state index contributed by atoms with van der Waals surface area (Å²) in [6.07, 6.45) is 4.11. The number of benzene rings is 4. The summed E-state index contributed by atoms with van der Waals surface area (Å²) in [6, 6.07) is 16.0. The largest absolute Gasteiger partial charge is 0.508 e. The monoisotopic (exact) mass is 648 g/mol. The Hall–Kier alpha value is -5.83. The van der Waals surface area contributed by atoms with E-state index in [1.54, 1.807) is 18.2 Å². The van der Waals surface area contributed by atoms with Gasteiger partial charge >= 0.3 is 0 Å². The van der Waals surface area contributed by atoms with Crippen LogP contribution in [0, 0.1) is 5.92 Å². The smallest absolute Gasteiger partial charge is 0.171 e. The zero-order valence-corrected chi connectivity index (χ0v) is 26.6.